The van der Waals surface area contributed by atoms with Crippen LogP contribution in [0.15, 0.2) is 12.1 Å². The predicted octanol–water partition coefficient (Wildman–Crippen LogP) is 4.57. The van der Waals surface area contributed by atoms with Crippen molar-refractivity contribution in [1.29, 1.82) is 0 Å². The highest BCUT2D eigenvalue weighted by Crippen LogP contribution is 2.28. The average Bonchev–Trinajstić information content (AvgIpc) is 2.63. The minimum Gasteiger partial charge on any atom is -0.0625 e. The molecule has 0 amide bonds. The SMILES string of the molecule is CC(C)Cc1cc2c(cc1CC(C)C)CCC2. The molecule has 0 unspecified atom stereocenters. The average molecular weight is 230 g/mol. The highest BCUT2D eigenvalue weighted by Gasteiger charge is 2.15. The zero-order valence-corrected chi connectivity index (χ0v) is 11.8. The van der Waals surface area contributed by atoms with Gasteiger partial charge in [-0.05, 0) is 66.2 Å². The van der Waals surface area contributed by atoms with Gasteiger partial charge in [0.2, 0.25) is 0 Å². The molecule has 0 fully saturated rings. The van der Waals surface area contributed by atoms with Crippen molar-refractivity contribution in [3.63, 3.8) is 0 Å². The second kappa shape index (κ2) is 5.25. The van der Waals surface area contributed by atoms with Crippen LogP contribution in [0.1, 0.15) is 56.4 Å². The molecule has 2 rings (SSSR count). The van der Waals surface area contributed by atoms with Crippen molar-refractivity contribution in [2.45, 2.75) is 59.8 Å². The summed E-state index contributed by atoms with van der Waals surface area (Å²) in [5, 5.41) is 0. The van der Waals surface area contributed by atoms with Gasteiger partial charge in [0.05, 0.1) is 0 Å². The van der Waals surface area contributed by atoms with Gasteiger partial charge >= 0.3 is 0 Å². The van der Waals surface area contributed by atoms with E-state index in [2.05, 4.69) is 39.8 Å². The lowest BCUT2D eigenvalue weighted by molar-refractivity contribution is 0.615. The Labute approximate surface area is 106 Å². The van der Waals surface area contributed by atoms with Gasteiger partial charge in [-0.2, -0.15) is 0 Å². The van der Waals surface area contributed by atoms with Crippen molar-refractivity contribution < 1.29 is 0 Å². The second-order valence-electron chi connectivity index (χ2n) is 6.44. The largest absolute Gasteiger partial charge is 0.0625 e. The number of benzene rings is 1. The molecule has 1 aromatic rings. The summed E-state index contributed by atoms with van der Waals surface area (Å²) in [5.41, 5.74) is 6.50. The van der Waals surface area contributed by atoms with Crippen LogP contribution in [-0.4, -0.2) is 0 Å². The van der Waals surface area contributed by atoms with Crippen molar-refractivity contribution in [2.75, 3.05) is 0 Å². The number of fused-ring (bicyclic) bond motifs is 1. The van der Waals surface area contributed by atoms with Crippen LogP contribution in [0.2, 0.25) is 0 Å². The molecule has 1 aliphatic carbocycles. The molecule has 0 bridgehead atoms. The molecule has 94 valence electrons. The van der Waals surface area contributed by atoms with Crippen molar-refractivity contribution in [2.24, 2.45) is 11.8 Å². The fraction of sp³-hybridized carbons (Fsp3) is 0.647. The molecule has 0 aliphatic heterocycles. The van der Waals surface area contributed by atoms with Crippen LogP contribution in [0.3, 0.4) is 0 Å². The molecular formula is C17H26. The van der Waals surface area contributed by atoms with E-state index in [-0.39, 0.29) is 0 Å². The summed E-state index contributed by atoms with van der Waals surface area (Å²) in [6.07, 6.45) is 6.47. The standard InChI is InChI=1S/C17H26/c1-12(2)8-16-10-14-6-5-7-15(14)11-17(16)9-13(3)4/h10-13H,5-9H2,1-4H3. The van der Waals surface area contributed by atoms with Crippen LogP contribution in [0.4, 0.5) is 0 Å². The third kappa shape index (κ3) is 3.12. The van der Waals surface area contributed by atoms with E-state index >= 15 is 0 Å². The van der Waals surface area contributed by atoms with E-state index in [9.17, 15) is 0 Å². The number of rotatable bonds is 4. The zero-order chi connectivity index (χ0) is 12.4. The highest BCUT2D eigenvalue weighted by atomic mass is 14.2. The van der Waals surface area contributed by atoms with Crippen LogP contribution in [0, 0.1) is 11.8 Å². The van der Waals surface area contributed by atoms with E-state index in [0.29, 0.717) is 0 Å². The fourth-order valence-corrected chi connectivity index (χ4v) is 2.99. The Balaban J connectivity index is 2.32. The maximum Gasteiger partial charge on any atom is -0.0253 e. The first kappa shape index (κ1) is 12.7. The van der Waals surface area contributed by atoms with Crippen LogP contribution in [-0.2, 0) is 25.7 Å². The van der Waals surface area contributed by atoms with Gasteiger partial charge in [-0.1, -0.05) is 39.8 Å². The first-order valence-electron chi connectivity index (χ1n) is 7.19. The van der Waals surface area contributed by atoms with Gasteiger partial charge in [-0.3, -0.25) is 0 Å². The molecule has 0 radical (unpaired) electrons. The summed E-state index contributed by atoms with van der Waals surface area (Å²) in [5.74, 6) is 1.53. The lowest BCUT2D eigenvalue weighted by Gasteiger charge is -2.16. The van der Waals surface area contributed by atoms with Crippen molar-refractivity contribution in [3.05, 3.63) is 34.4 Å². The summed E-state index contributed by atoms with van der Waals surface area (Å²) >= 11 is 0. The van der Waals surface area contributed by atoms with Gasteiger partial charge < -0.3 is 0 Å². The molecule has 1 aromatic carbocycles. The number of hydrogen-bond donors (Lipinski definition) is 0. The number of aryl methyl sites for hydroxylation is 2. The topological polar surface area (TPSA) is 0 Å². The molecule has 1 aliphatic rings. The van der Waals surface area contributed by atoms with Crippen molar-refractivity contribution >= 4 is 0 Å². The lowest BCUT2D eigenvalue weighted by Crippen LogP contribution is -2.04. The van der Waals surface area contributed by atoms with Crippen molar-refractivity contribution in [3.8, 4) is 0 Å². The van der Waals surface area contributed by atoms with E-state index in [0.717, 1.165) is 11.8 Å². The van der Waals surface area contributed by atoms with E-state index in [1.807, 2.05) is 0 Å². The minimum atomic E-state index is 0.764. The molecular weight excluding hydrogens is 204 g/mol. The molecule has 0 aromatic heterocycles. The Hall–Kier alpha value is -0.780. The highest BCUT2D eigenvalue weighted by molar-refractivity contribution is 5.41. The molecule has 0 atom stereocenters. The molecule has 0 nitrogen and oxygen atoms in total. The zero-order valence-electron chi connectivity index (χ0n) is 11.8. The van der Waals surface area contributed by atoms with Gasteiger partial charge in [0.1, 0.15) is 0 Å². The summed E-state index contributed by atoms with van der Waals surface area (Å²) in [7, 11) is 0. The smallest absolute Gasteiger partial charge is 0.0253 e. The molecule has 0 heteroatoms. The monoisotopic (exact) mass is 230 g/mol. The minimum absolute atomic E-state index is 0.764. The molecule has 0 saturated carbocycles. The van der Waals surface area contributed by atoms with Gasteiger partial charge in [-0.25, -0.2) is 0 Å². The number of hydrogen-bond acceptors (Lipinski definition) is 0. The van der Waals surface area contributed by atoms with Crippen LogP contribution in [0.25, 0.3) is 0 Å². The summed E-state index contributed by atoms with van der Waals surface area (Å²) in [6, 6.07) is 5.03. The molecule has 0 N–H and O–H groups in total. The molecule has 17 heavy (non-hydrogen) atoms. The van der Waals surface area contributed by atoms with Crippen LogP contribution >= 0.6 is 0 Å². The maximum absolute atomic E-state index is 2.51. The Kier molecular flexibility index (Phi) is 3.91. The third-order valence-corrected chi connectivity index (χ3v) is 3.67. The summed E-state index contributed by atoms with van der Waals surface area (Å²) < 4.78 is 0. The predicted molar refractivity (Wildman–Crippen MR) is 75.6 cm³/mol. The van der Waals surface area contributed by atoms with Gasteiger partial charge in [-0.15, -0.1) is 0 Å². The normalized spacial score (nSPS) is 14.7. The molecule has 0 spiro atoms. The Morgan fingerprint density at radius 3 is 1.59 bits per heavy atom. The van der Waals surface area contributed by atoms with Gasteiger partial charge in [0.25, 0.3) is 0 Å². The quantitative estimate of drug-likeness (QED) is 0.710. The lowest BCUT2D eigenvalue weighted by atomic mass is 9.90. The van der Waals surface area contributed by atoms with E-state index < -0.39 is 0 Å². The third-order valence-electron chi connectivity index (χ3n) is 3.67. The molecule has 0 saturated heterocycles. The Morgan fingerprint density at radius 1 is 0.824 bits per heavy atom. The first-order valence-corrected chi connectivity index (χ1v) is 7.19. The van der Waals surface area contributed by atoms with Gasteiger partial charge in [0, 0.05) is 0 Å². The first-order chi connectivity index (χ1) is 8.06. The summed E-state index contributed by atoms with van der Waals surface area (Å²) in [6.45, 7) is 9.30. The van der Waals surface area contributed by atoms with Crippen LogP contribution < -0.4 is 0 Å². The van der Waals surface area contributed by atoms with E-state index in [1.54, 1.807) is 22.3 Å². The fourth-order valence-electron chi connectivity index (χ4n) is 2.99. The molecule has 0 heterocycles. The Morgan fingerprint density at radius 2 is 1.24 bits per heavy atom. The van der Waals surface area contributed by atoms with Crippen LogP contribution in [0.5, 0.6) is 0 Å². The van der Waals surface area contributed by atoms with E-state index in [4.69, 9.17) is 0 Å². The Bertz CT molecular complexity index is 348. The van der Waals surface area contributed by atoms with Crippen molar-refractivity contribution in [1.82, 2.24) is 0 Å². The van der Waals surface area contributed by atoms with E-state index in [1.165, 1.54) is 32.1 Å². The maximum atomic E-state index is 2.51. The summed E-state index contributed by atoms with van der Waals surface area (Å²) in [4.78, 5) is 0. The second-order valence-corrected chi connectivity index (χ2v) is 6.44. The van der Waals surface area contributed by atoms with Gasteiger partial charge in [0.15, 0.2) is 0 Å².